The fraction of sp³-hybridized carbons (Fsp3) is 0.530. The number of rotatable bonds is 0. The highest BCUT2D eigenvalue weighted by Crippen LogP contribution is 2.28. The van der Waals surface area contributed by atoms with Gasteiger partial charge in [-0.25, -0.2) is 24.3 Å². The Morgan fingerprint density at radius 2 is 0.672 bits per heavy atom. The molecule has 4 N–H and O–H groups in total. The number of hydrogen-bond acceptors (Lipinski definition) is 12. The lowest BCUT2D eigenvalue weighted by Gasteiger charge is -2.17. The molecular formula is C117H216N13O2S2+. The molecule has 0 bridgehead atoms. The number of para-hydroxylation sites is 6. The molecule has 14 aromatic rings. The van der Waals surface area contributed by atoms with Gasteiger partial charge in [0.2, 0.25) is 0 Å². The number of imidazole rings is 1. The standard InChI is InChI=1S/C8H7N.C8H8O2.C7H6N2.C7H5NS.C6H5N3.C6H6.C5H5N.C4H4N2.10C4H10.C3H4N2.C3H3NS.9C2H6.2CH4/c1-2-4-8-7(3-1)5-6-9-8;1-2-4-8-7(3-1)9-5-6-10-8;2*1-2-4-7-6(3-1)8-5-9-7;1-2-4-9-5-7-8-6(9)3-1;2*1-2-4-6-5-3-1;1-2-5-4-6-3-1;10*1-4(2)3;1-2-4-5-3-1;1-2-5-3-4-1;9*1-2;;/h1-6,9H;1-4H,5-6H2;1-5H,(H,8,9);2*1-5H;1-6H;1-5H;1-4H;10*4H,1-3H3;1-3H,(H,4,5);1-3H;9*1-2H3;2*1H4/p+1. The molecular weight excluding hydrogens is 1680 g/mol. The highest BCUT2D eigenvalue weighted by Gasteiger charge is 2.08. The van der Waals surface area contributed by atoms with Crippen molar-refractivity contribution >= 4 is 60.5 Å². The van der Waals surface area contributed by atoms with Gasteiger partial charge in [-0.05, 0) is 143 Å². The van der Waals surface area contributed by atoms with E-state index in [0.717, 1.165) is 92.9 Å². The average molecular weight is 1900 g/mol. The molecule has 0 unspecified atom stereocenters. The zero-order chi connectivity index (χ0) is 105. The number of hydrogen-bond donors (Lipinski definition) is 4. The number of nitrogens with one attached hydrogen (secondary N) is 4. The number of pyridine rings is 2. The Morgan fingerprint density at radius 1 is 0.306 bits per heavy atom. The van der Waals surface area contributed by atoms with Crippen LogP contribution in [-0.2, 0) is 0 Å². The Bertz CT molecular complexity index is 3260. The number of ether oxygens (including phenoxy) is 2. The lowest BCUT2D eigenvalue weighted by molar-refractivity contribution is -0.512. The minimum Gasteiger partial charge on any atom is -0.486 e. The normalized spacial score (nSPS) is 8.61. The quantitative estimate of drug-likeness (QED) is 0.106. The third-order valence-electron chi connectivity index (χ3n) is 9.19. The van der Waals surface area contributed by atoms with Crippen molar-refractivity contribution < 1.29 is 13.9 Å². The number of thiazole rings is 2. The molecule has 17 heteroatoms. The molecule has 0 fully saturated rings. The monoisotopic (exact) mass is 1900 g/mol. The third kappa shape index (κ3) is 165. The zero-order valence-electron chi connectivity index (χ0n) is 93.9. The second kappa shape index (κ2) is 141. The summed E-state index contributed by atoms with van der Waals surface area (Å²) in [6, 6.07) is 61.3. The first kappa shape index (κ1) is 161. The molecule has 15 rings (SSSR count). The number of H-pyrrole nitrogens is 4. The van der Waals surface area contributed by atoms with Crippen molar-refractivity contribution in [2.45, 2.75) is 347 Å². The fourth-order valence-electron chi connectivity index (χ4n) is 5.82. The molecule has 134 heavy (non-hydrogen) atoms. The zero-order valence-corrected chi connectivity index (χ0v) is 95.5. The van der Waals surface area contributed by atoms with Gasteiger partial charge in [0.15, 0.2) is 11.5 Å². The number of aromatic amines is 4. The lowest BCUT2D eigenvalue weighted by Crippen LogP contribution is -2.15. The second-order valence-electron chi connectivity index (χ2n) is 31.6. The van der Waals surface area contributed by atoms with Crippen LogP contribution in [0, 0.1) is 59.2 Å². The van der Waals surface area contributed by atoms with Crippen molar-refractivity contribution in [1.29, 1.82) is 0 Å². The van der Waals surface area contributed by atoms with Gasteiger partial charge in [0.25, 0.3) is 12.0 Å². The fourth-order valence-corrected chi connectivity index (χ4v) is 6.85. The van der Waals surface area contributed by atoms with E-state index in [1.54, 1.807) is 90.3 Å². The van der Waals surface area contributed by atoms with E-state index in [1.807, 2.05) is 310 Å². The van der Waals surface area contributed by atoms with E-state index in [-0.39, 0.29) is 14.9 Å². The lowest BCUT2D eigenvalue weighted by atomic mass is 10.3. The molecule has 0 radical (unpaired) electrons. The molecule has 0 atom stereocenters. The van der Waals surface area contributed by atoms with Crippen LogP contribution in [0.2, 0.25) is 0 Å². The topological polar surface area (TPSA) is 189 Å². The number of fused-ring (bicyclic) bond motifs is 5. The van der Waals surface area contributed by atoms with Gasteiger partial charge < -0.3 is 19.4 Å². The van der Waals surface area contributed by atoms with Gasteiger partial charge in [0.05, 0.1) is 44.8 Å². The van der Waals surface area contributed by atoms with Crippen LogP contribution in [0.4, 0.5) is 0 Å². The van der Waals surface area contributed by atoms with Crippen molar-refractivity contribution in [2.75, 3.05) is 13.2 Å². The predicted molar refractivity (Wildman–Crippen MR) is 617 cm³/mol. The summed E-state index contributed by atoms with van der Waals surface area (Å²) in [4.78, 5) is 29.2. The van der Waals surface area contributed by atoms with Gasteiger partial charge in [-0.15, -0.1) is 27.8 Å². The Balaban J connectivity index is -0.0000000780. The Labute approximate surface area is 839 Å². The van der Waals surface area contributed by atoms with Crippen molar-refractivity contribution in [2.24, 2.45) is 59.2 Å². The summed E-state index contributed by atoms with van der Waals surface area (Å²) in [5.74, 6) is 10.0. The van der Waals surface area contributed by atoms with Gasteiger partial charge in [0, 0.05) is 71.6 Å². The van der Waals surface area contributed by atoms with Crippen LogP contribution in [0.5, 0.6) is 11.5 Å². The summed E-state index contributed by atoms with van der Waals surface area (Å²) in [5.41, 5.74) is 9.09. The SMILES string of the molecule is C.C.CC.CC.CC.CC.CC.CC.CC.CC.CC.CC(C)C.CC(C)C.CC(C)C.CC(C)C.CC(C)C.CC(C)C.CC(C)C.CC(C)C.CC(C)C.CC(C)C.c1cc[n+]2cn[nH]c2c1.c1ccc2[nH]ccc2c1.c1ccc2[nH]cnc2c1.c1ccc2c(c1)OCCO2.c1ccc2scnc2c1.c1ccccc1.c1ccncc1.c1cn[nH]c1.c1cncnc1.c1cscn1. The maximum Gasteiger partial charge on any atom is 0.269 e. The van der Waals surface area contributed by atoms with E-state index in [9.17, 15) is 0 Å². The molecule has 1 aliphatic heterocycles. The summed E-state index contributed by atoms with van der Waals surface area (Å²) in [6.45, 7) is 102. The van der Waals surface area contributed by atoms with E-state index in [2.05, 4.69) is 292 Å². The summed E-state index contributed by atoms with van der Waals surface area (Å²) >= 11 is 3.28. The molecule has 15 nitrogen and oxygen atoms in total. The van der Waals surface area contributed by atoms with Crippen LogP contribution in [0.3, 0.4) is 0 Å². The van der Waals surface area contributed by atoms with E-state index >= 15 is 0 Å². The molecule has 1 aliphatic rings. The Hall–Kier alpha value is -9.71. The maximum absolute atomic E-state index is 5.30. The Morgan fingerprint density at radius 3 is 0.970 bits per heavy atom. The van der Waals surface area contributed by atoms with Crippen LogP contribution in [0.15, 0.2) is 279 Å². The number of aromatic nitrogens is 13. The summed E-state index contributed by atoms with van der Waals surface area (Å²) in [6.07, 6.45) is 20.9. The van der Waals surface area contributed by atoms with Gasteiger partial charge in [-0.1, -0.05) is 450 Å². The van der Waals surface area contributed by atoms with Crippen LogP contribution in [0.25, 0.3) is 37.8 Å². The highest BCUT2D eigenvalue weighted by molar-refractivity contribution is 7.16. The van der Waals surface area contributed by atoms with E-state index in [1.165, 1.54) is 21.9 Å². The first-order valence-corrected chi connectivity index (χ1v) is 51.1. The smallest absolute Gasteiger partial charge is 0.269 e. The maximum atomic E-state index is 5.30. The molecule has 0 amide bonds. The van der Waals surface area contributed by atoms with Crippen molar-refractivity contribution in [3.05, 3.63) is 279 Å². The van der Waals surface area contributed by atoms with Crippen LogP contribution < -0.4 is 13.9 Å². The molecule has 0 aliphatic carbocycles. The third-order valence-corrected chi connectivity index (χ3v) is 10.5. The number of benzene rings is 5. The molecule has 0 saturated carbocycles. The first-order valence-electron chi connectivity index (χ1n) is 49.3. The van der Waals surface area contributed by atoms with Crippen molar-refractivity contribution in [3.8, 4) is 11.5 Å². The van der Waals surface area contributed by atoms with Crippen LogP contribution in [-0.4, -0.2) is 73.5 Å². The number of nitrogens with zero attached hydrogens (tertiary/aromatic N) is 9. The van der Waals surface area contributed by atoms with Gasteiger partial charge in [0.1, 0.15) is 19.5 Å². The molecule has 10 heterocycles. The largest absolute Gasteiger partial charge is 0.486 e. The molecule has 0 spiro atoms. The first-order chi connectivity index (χ1) is 63.2. The van der Waals surface area contributed by atoms with Crippen molar-refractivity contribution in [1.82, 2.24) is 60.3 Å². The van der Waals surface area contributed by atoms with Crippen LogP contribution in [0.1, 0.15) is 347 Å². The van der Waals surface area contributed by atoms with Crippen LogP contribution >= 0.6 is 22.7 Å². The predicted octanol–water partition coefficient (Wildman–Crippen LogP) is 39.6. The minimum atomic E-state index is 0. The highest BCUT2D eigenvalue weighted by atomic mass is 32.1. The van der Waals surface area contributed by atoms with E-state index < -0.39 is 0 Å². The molecule has 0 saturated heterocycles. The van der Waals surface area contributed by atoms with Gasteiger partial charge in [-0.2, -0.15) is 5.10 Å². The van der Waals surface area contributed by atoms with Crippen molar-refractivity contribution in [3.63, 3.8) is 0 Å². The van der Waals surface area contributed by atoms with Gasteiger partial charge in [-0.3, -0.25) is 15.1 Å². The Kier molecular flexibility index (Phi) is 170. The summed E-state index contributed by atoms with van der Waals surface area (Å²) in [7, 11) is 0. The molecule has 772 valence electrons. The summed E-state index contributed by atoms with van der Waals surface area (Å²) in [5, 5.41) is 16.1. The second-order valence-corrected chi connectivity index (χ2v) is 33.3. The van der Waals surface area contributed by atoms with E-state index in [4.69, 9.17) is 9.47 Å². The summed E-state index contributed by atoms with van der Waals surface area (Å²) < 4.78 is 13.8. The van der Waals surface area contributed by atoms with E-state index in [0.29, 0.717) is 13.2 Å². The average Bonchev–Trinajstić information content (AvgIpc) is 1.20. The molecule has 9 aromatic heterocycles. The molecule has 5 aromatic carbocycles. The van der Waals surface area contributed by atoms with Gasteiger partial charge >= 0.3 is 0 Å². The minimum absolute atomic E-state index is 0.